The maximum Gasteiger partial charge on any atom is 0.159 e. The Hall–Kier alpha value is -1.01. The lowest BCUT2D eigenvalue weighted by atomic mass is 10.1. The Kier molecular flexibility index (Phi) is 3.54. The number of aryl methyl sites for hydroxylation is 1. The molecule has 2 aliphatic heterocycles. The number of thioether (sulfide) groups is 1. The van der Waals surface area contributed by atoms with Crippen molar-refractivity contribution in [2.24, 2.45) is 4.99 Å². The van der Waals surface area contributed by atoms with E-state index in [9.17, 15) is 8.42 Å². The van der Waals surface area contributed by atoms with Crippen molar-refractivity contribution in [3.63, 3.8) is 0 Å². The fourth-order valence-corrected chi connectivity index (χ4v) is 5.81. The second kappa shape index (κ2) is 5.07. The van der Waals surface area contributed by atoms with Gasteiger partial charge in [0, 0.05) is 12.8 Å². The Morgan fingerprint density at radius 3 is 2.80 bits per heavy atom. The number of aliphatic imine (C=N–C) groups is 1. The molecule has 0 bridgehead atoms. The summed E-state index contributed by atoms with van der Waals surface area (Å²) in [5, 5.41) is 0.971. The summed E-state index contributed by atoms with van der Waals surface area (Å²) in [7, 11) is -0.940. The van der Waals surface area contributed by atoms with Gasteiger partial charge in [0.15, 0.2) is 15.0 Å². The highest BCUT2D eigenvalue weighted by atomic mass is 32.2. The van der Waals surface area contributed by atoms with Crippen LogP contribution in [0.4, 0.5) is 0 Å². The van der Waals surface area contributed by atoms with Crippen molar-refractivity contribution >= 4 is 26.8 Å². The molecule has 2 atom stereocenters. The van der Waals surface area contributed by atoms with E-state index >= 15 is 0 Å². The second-order valence-electron chi connectivity index (χ2n) is 5.45. The predicted molar refractivity (Wildman–Crippen MR) is 83.9 cm³/mol. The molecular weight excluding hydrogens is 292 g/mol. The number of amidine groups is 1. The maximum absolute atomic E-state index is 11.6. The number of benzene rings is 1. The van der Waals surface area contributed by atoms with Crippen molar-refractivity contribution in [2.75, 3.05) is 18.6 Å². The van der Waals surface area contributed by atoms with Crippen LogP contribution in [0.2, 0.25) is 0 Å². The molecule has 0 aromatic heterocycles. The molecule has 0 unspecified atom stereocenters. The minimum Gasteiger partial charge on any atom is -0.348 e. The maximum atomic E-state index is 11.6. The van der Waals surface area contributed by atoms with Gasteiger partial charge in [-0.25, -0.2) is 8.42 Å². The summed E-state index contributed by atoms with van der Waals surface area (Å²) in [4.78, 5) is 6.64. The lowest BCUT2D eigenvalue weighted by molar-refractivity contribution is 0.410. The van der Waals surface area contributed by atoms with Gasteiger partial charge < -0.3 is 4.90 Å². The molecule has 1 aromatic carbocycles. The van der Waals surface area contributed by atoms with Crippen LogP contribution in [0.25, 0.3) is 0 Å². The average Bonchev–Trinajstić information content (AvgIpc) is 2.83. The van der Waals surface area contributed by atoms with E-state index in [1.165, 1.54) is 11.1 Å². The molecule has 0 amide bonds. The normalized spacial score (nSPS) is 27.5. The molecule has 0 aliphatic carbocycles. The fourth-order valence-electron chi connectivity index (χ4n) is 2.73. The summed E-state index contributed by atoms with van der Waals surface area (Å²) >= 11 is 1.70. The van der Waals surface area contributed by atoms with Gasteiger partial charge in [-0.05, 0) is 18.1 Å². The topological polar surface area (TPSA) is 49.7 Å². The lowest BCUT2D eigenvalue weighted by Gasteiger charge is -2.20. The summed E-state index contributed by atoms with van der Waals surface area (Å²) < 4.78 is 23.2. The first kappa shape index (κ1) is 13.9. The van der Waals surface area contributed by atoms with Crippen molar-refractivity contribution < 1.29 is 8.42 Å². The van der Waals surface area contributed by atoms with Gasteiger partial charge in [0.2, 0.25) is 0 Å². The molecule has 1 fully saturated rings. The van der Waals surface area contributed by atoms with Gasteiger partial charge in [-0.3, -0.25) is 4.99 Å². The number of fused-ring (bicyclic) bond motifs is 1. The Morgan fingerprint density at radius 1 is 1.35 bits per heavy atom. The largest absolute Gasteiger partial charge is 0.348 e. The first-order valence-electron chi connectivity index (χ1n) is 6.65. The average molecular weight is 310 g/mol. The van der Waals surface area contributed by atoms with Crippen LogP contribution in [-0.2, 0) is 15.6 Å². The summed E-state index contributed by atoms with van der Waals surface area (Å²) in [5.41, 5.74) is 2.59. The van der Waals surface area contributed by atoms with Gasteiger partial charge in [0.25, 0.3) is 0 Å². The van der Waals surface area contributed by atoms with E-state index in [0.717, 1.165) is 10.9 Å². The third-order valence-electron chi connectivity index (χ3n) is 3.99. The minimum absolute atomic E-state index is 0.0411. The Balaban J connectivity index is 1.69. The van der Waals surface area contributed by atoms with Crippen molar-refractivity contribution in [1.29, 1.82) is 0 Å². The van der Waals surface area contributed by atoms with E-state index in [1.807, 2.05) is 24.1 Å². The summed E-state index contributed by atoms with van der Waals surface area (Å²) in [6.45, 7) is 2.11. The van der Waals surface area contributed by atoms with Gasteiger partial charge in [0.05, 0.1) is 23.6 Å². The molecule has 0 radical (unpaired) electrons. The molecule has 4 nitrogen and oxygen atoms in total. The van der Waals surface area contributed by atoms with Crippen LogP contribution in [0.15, 0.2) is 29.3 Å². The van der Waals surface area contributed by atoms with Crippen molar-refractivity contribution in [2.45, 2.75) is 24.8 Å². The molecule has 20 heavy (non-hydrogen) atoms. The van der Waals surface area contributed by atoms with E-state index in [0.29, 0.717) is 0 Å². The zero-order chi connectivity index (χ0) is 14.3. The second-order valence-corrected chi connectivity index (χ2v) is 8.55. The standard InChI is InChI=1S/C14H18N2O2S2/c1-10-5-3-4-6-11(10)7-19-14-15-12-8-20(17,18)9-13(12)16(14)2/h3-6,12-13H,7-9H2,1-2H3/t12-,13-/m1/s1. The SMILES string of the molecule is Cc1ccccc1CSC1=N[C@@H]2CS(=O)(=O)C[C@H]2N1C. The van der Waals surface area contributed by atoms with Gasteiger partial charge in [0.1, 0.15) is 0 Å². The molecule has 0 N–H and O–H groups in total. The van der Waals surface area contributed by atoms with Crippen LogP contribution < -0.4 is 0 Å². The zero-order valence-electron chi connectivity index (χ0n) is 11.6. The van der Waals surface area contributed by atoms with Gasteiger partial charge in [-0.1, -0.05) is 36.0 Å². The molecule has 3 rings (SSSR count). The van der Waals surface area contributed by atoms with Gasteiger partial charge in [-0.15, -0.1) is 0 Å². The quantitative estimate of drug-likeness (QED) is 0.834. The number of sulfone groups is 1. The van der Waals surface area contributed by atoms with E-state index in [-0.39, 0.29) is 23.6 Å². The molecule has 1 aromatic rings. The van der Waals surface area contributed by atoms with Gasteiger partial charge in [-0.2, -0.15) is 0 Å². The highest BCUT2D eigenvalue weighted by Crippen LogP contribution is 2.31. The lowest BCUT2D eigenvalue weighted by Crippen LogP contribution is -2.35. The minimum atomic E-state index is -2.89. The van der Waals surface area contributed by atoms with Crippen LogP contribution >= 0.6 is 11.8 Å². The Morgan fingerprint density at radius 2 is 2.10 bits per heavy atom. The fraction of sp³-hybridized carbons (Fsp3) is 0.500. The molecule has 0 saturated carbocycles. The van der Waals surface area contributed by atoms with Crippen LogP contribution in [0.1, 0.15) is 11.1 Å². The number of hydrogen-bond acceptors (Lipinski definition) is 5. The van der Waals surface area contributed by atoms with Crippen LogP contribution in [-0.4, -0.2) is 49.1 Å². The molecule has 2 aliphatic rings. The van der Waals surface area contributed by atoms with E-state index < -0.39 is 9.84 Å². The predicted octanol–water partition coefficient (Wildman–Crippen LogP) is 1.70. The first-order valence-corrected chi connectivity index (χ1v) is 9.45. The number of hydrogen-bond donors (Lipinski definition) is 0. The summed E-state index contributed by atoms with van der Waals surface area (Å²) in [5.74, 6) is 1.32. The van der Waals surface area contributed by atoms with Crippen LogP contribution in [0.3, 0.4) is 0 Å². The van der Waals surface area contributed by atoms with E-state index in [4.69, 9.17) is 0 Å². The monoisotopic (exact) mass is 310 g/mol. The Bertz CT molecular complexity index is 655. The summed E-state index contributed by atoms with van der Waals surface area (Å²) in [6, 6.07) is 8.30. The molecular formula is C14H18N2O2S2. The van der Waals surface area contributed by atoms with Crippen molar-refractivity contribution in [3.8, 4) is 0 Å². The highest BCUT2D eigenvalue weighted by Gasteiger charge is 2.44. The van der Waals surface area contributed by atoms with Crippen molar-refractivity contribution in [3.05, 3.63) is 35.4 Å². The molecule has 0 spiro atoms. The zero-order valence-corrected chi connectivity index (χ0v) is 13.2. The van der Waals surface area contributed by atoms with E-state index in [2.05, 4.69) is 24.0 Å². The van der Waals surface area contributed by atoms with Crippen LogP contribution in [0, 0.1) is 6.92 Å². The number of likely N-dealkylation sites (N-methyl/N-ethyl adjacent to an activating group) is 1. The van der Waals surface area contributed by atoms with Crippen LogP contribution in [0.5, 0.6) is 0 Å². The molecule has 2 heterocycles. The number of rotatable bonds is 2. The number of nitrogens with zero attached hydrogens (tertiary/aromatic N) is 2. The van der Waals surface area contributed by atoms with E-state index in [1.54, 1.807) is 11.8 Å². The van der Waals surface area contributed by atoms with Gasteiger partial charge >= 0.3 is 0 Å². The summed E-state index contributed by atoms with van der Waals surface area (Å²) in [6.07, 6.45) is 0. The molecule has 1 saturated heterocycles. The molecule has 6 heteroatoms. The highest BCUT2D eigenvalue weighted by molar-refractivity contribution is 8.13. The Labute approximate surface area is 124 Å². The first-order chi connectivity index (χ1) is 9.46. The third kappa shape index (κ3) is 2.59. The third-order valence-corrected chi connectivity index (χ3v) is 6.79. The van der Waals surface area contributed by atoms with Crippen molar-refractivity contribution in [1.82, 2.24) is 4.90 Å². The smallest absolute Gasteiger partial charge is 0.159 e. The molecule has 108 valence electrons.